The molecule has 0 aliphatic carbocycles. The molecule has 1 heterocycles. The van der Waals surface area contributed by atoms with Crippen LogP contribution in [0.3, 0.4) is 0 Å². The number of imidazole rings is 1. The molecule has 0 bridgehead atoms. The van der Waals surface area contributed by atoms with E-state index in [1.165, 1.54) is 11.1 Å². The van der Waals surface area contributed by atoms with Gasteiger partial charge in [-0.1, -0.05) is 43.3 Å². The Hall–Kier alpha value is -2.70. The molecule has 2 aromatic carbocycles. The van der Waals surface area contributed by atoms with Gasteiger partial charge >= 0.3 is 5.97 Å². The molecule has 0 spiro atoms. The molecule has 3 rings (SSSR count). The summed E-state index contributed by atoms with van der Waals surface area (Å²) in [5, 5.41) is 13.0. The smallest absolute Gasteiger partial charge is 0.313 e. The summed E-state index contributed by atoms with van der Waals surface area (Å²) in [6, 6.07) is 16.3. The summed E-state index contributed by atoms with van der Waals surface area (Å²) >= 11 is 0. The monoisotopic (exact) mass is 465 g/mol. The lowest BCUT2D eigenvalue weighted by Gasteiger charge is -2.20. The van der Waals surface area contributed by atoms with E-state index in [2.05, 4.69) is 35.0 Å². The number of fused-ring (bicyclic) bond motifs is 1. The van der Waals surface area contributed by atoms with Gasteiger partial charge < -0.3 is 19.7 Å². The first-order valence-corrected chi connectivity index (χ1v) is 12.4. The Kier molecular flexibility index (Phi) is 9.25. The van der Waals surface area contributed by atoms with Gasteiger partial charge in [-0.3, -0.25) is 4.79 Å². The number of benzene rings is 2. The normalized spacial score (nSPS) is 12.8. The first-order valence-electron chi connectivity index (χ1n) is 12.4. The van der Waals surface area contributed by atoms with Crippen LogP contribution < -0.4 is 5.32 Å². The van der Waals surface area contributed by atoms with Crippen molar-refractivity contribution in [2.45, 2.75) is 64.8 Å². The number of para-hydroxylation sites is 2. The van der Waals surface area contributed by atoms with E-state index in [0.29, 0.717) is 12.5 Å². The summed E-state index contributed by atoms with van der Waals surface area (Å²) < 4.78 is 7.96. The van der Waals surface area contributed by atoms with Crippen LogP contribution in [0.2, 0.25) is 0 Å². The molecule has 6 nitrogen and oxygen atoms in total. The SMILES string of the molecule is CCOCCn1c(C(CC)CCNCCc2ccc(C(C)(C)C(=O)O)cc2)nc2ccccc21. The number of carboxylic acids is 1. The first kappa shape index (κ1) is 25.9. The van der Waals surface area contributed by atoms with Gasteiger partial charge in [0.2, 0.25) is 0 Å². The Morgan fingerprint density at radius 1 is 1.12 bits per heavy atom. The number of hydrogen-bond donors (Lipinski definition) is 2. The average Bonchev–Trinajstić information content (AvgIpc) is 3.20. The van der Waals surface area contributed by atoms with E-state index < -0.39 is 11.4 Å². The Bertz CT molecular complexity index is 1060. The van der Waals surface area contributed by atoms with Crippen molar-refractivity contribution in [1.82, 2.24) is 14.9 Å². The standard InChI is InChI=1S/C28H39N3O3/c1-5-22(26-30-24-9-7-8-10-25(24)31(26)19-20-34-6-2)16-18-29-17-15-21-11-13-23(14-12-21)28(3,4)27(32)33/h7-14,22,29H,5-6,15-20H2,1-4H3,(H,32,33). The van der Waals surface area contributed by atoms with E-state index in [-0.39, 0.29) is 0 Å². The van der Waals surface area contributed by atoms with Gasteiger partial charge in [0.05, 0.1) is 23.1 Å². The van der Waals surface area contributed by atoms with Crippen molar-refractivity contribution in [3.8, 4) is 0 Å². The highest BCUT2D eigenvalue weighted by Gasteiger charge is 2.29. The van der Waals surface area contributed by atoms with E-state index in [1.54, 1.807) is 13.8 Å². The summed E-state index contributed by atoms with van der Waals surface area (Å²) in [6.45, 7) is 11.8. The van der Waals surface area contributed by atoms with Gasteiger partial charge in [0.1, 0.15) is 5.82 Å². The molecule has 6 heteroatoms. The lowest BCUT2D eigenvalue weighted by atomic mass is 9.84. The van der Waals surface area contributed by atoms with Crippen LogP contribution in [0.25, 0.3) is 11.0 Å². The molecule has 0 aliphatic heterocycles. The van der Waals surface area contributed by atoms with Crippen molar-refractivity contribution in [2.75, 3.05) is 26.3 Å². The zero-order valence-electron chi connectivity index (χ0n) is 21.0. The predicted molar refractivity (Wildman–Crippen MR) is 138 cm³/mol. The topological polar surface area (TPSA) is 76.4 Å². The van der Waals surface area contributed by atoms with Gasteiger partial charge in [-0.2, -0.15) is 0 Å². The molecule has 2 N–H and O–H groups in total. The van der Waals surface area contributed by atoms with E-state index in [1.807, 2.05) is 37.3 Å². The van der Waals surface area contributed by atoms with Crippen LogP contribution in [0.1, 0.15) is 63.4 Å². The van der Waals surface area contributed by atoms with E-state index in [4.69, 9.17) is 9.72 Å². The number of nitrogens with zero attached hydrogens (tertiary/aromatic N) is 2. The van der Waals surface area contributed by atoms with Crippen molar-refractivity contribution in [3.05, 3.63) is 65.5 Å². The van der Waals surface area contributed by atoms with Crippen LogP contribution >= 0.6 is 0 Å². The second kappa shape index (κ2) is 12.1. The molecule has 34 heavy (non-hydrogen) atoms. The van der Waals surface area contributed by atoms with Crippen LogP contribution in [-0.4, -0.2) is 46.9 Å². The molecule has 1 unspecified atom stereocenters. The minimum Gasteiger partial charge on any atom is -0.481 e. The lowest BCUT2D eigenvalue weighted by molar-refractivity contribution is -0.142. The van der Waals surface area contributed by atoms with Crippen molar-refractivity contribution >= 4 is 17.0 Å². The zero-order chi connectivity index (χ0) is 24.6. The molecule has 184 valence electrons. The molecule has 1 atom stereocenters. The zero-order valence-corrected chi connectivity index (χ0v) is 21.0. The molecule has 0 saturated heterocycles. The largest absolute Gasteiger partial charge is 0.481 e. The third-order valence-electron chi connectivity index (χ3n) is 6.68. The summed E-state index contributed by atoms with van der Waals surface area (Å²) in [6.07, 6.45) is 2.98. The highest BCUT2D eigenvalue weighted by molar-refractivity contribution is 5.80. The van der Waals surface area contributed by atoms with Gasteiger partial charge in [-0.25, -0.2) is 4.98 Å². The van der Waals surface area contributed by atoms with Gasteiger partial charge in [-0.15, -0.1) is 0 Å². The predicted octanol–water partition coefficient (Wildman–Crippen LogP) is 5.15. The van der Waals surface area contributed by atoms with E-state index in [0.717, 1.165) is 62.4 Å². The van der Waals surface area contributed by atoms with Crippen LogP contribution in [0.4, 0.5) is 0 Å². The molecular formula is C28H39N3O3. The van der Waals surface area contributed by atoms with Crippen molar-refractivity contribution < 1.29 is 14.6 Å². The van der Waals surface area contributed by atoms with E-state index in [9.17, 15) is 9.90 Å². The molecule has 0 radical (unpaired) electrons. The fourth-order valence-electron chi connectivity index (χ4n) is 4.30. The van der Waals surface area contributed by atoms with Crippen molar-refractivity contribution in [1.29, 1.82) is 0 Å². The maximum atomic E-state index is 11.4. The fraction of sp³-hybridized carbons (Fsp3) is 0.500. The molecular weight excluding hydrogens is 426 g/mol. The molecule has 0 fully saturated rings. The highest BCUT2D eigenvalue weighted by atomic mass is 16.5. The minimum atomic E-state index is -0.870. The van der Waals surface area contributed by atoms with Gasteiger partial charge in [-0.05, 0) is 76.4 Å². The fourth-order valence-corrected chi connectivity index (χ4v) is 4.30. The molecule has 1 aromatic heterocycles. The molecule has 0 aliphatic rings. The maximum Gasteiger partial charge on any atom is 0.313 e. The van der Waals surface area contributed by atoms with Gasteiger partial charge in [0.15, 0.2) is 0 Å². The number of aliphatic carboxylic acids is 1. The lowest BCUT2D eigenvalue weighted by Crippen LogP contribution is -2.28. The Balaban J connectivity index is 1.55. The Labute approximate surface area is 203 Å². The number of rotatable bonds is 14. The third kappa shape index (κ3) is 6.24. The quantitative estimate of drug-likeness (QED) is 0.322. The van der Waals surface area contributed by atoms with Crippen molar-refractivity contribution in [2.24, 2.45) is 0 Å². The summed E-state index contributed by atoms with van der Waals surface area (Å²) in [7, 11) is 0. The number of aromatic nitrogens is 2. The Morgan fingerprint density at radius 3 is 2.53 bits per heavy atom. The van der Waals surface area contributed by atoms with Crippen LogP contribution in [0, 0.1) is 0 Å². The highest BCUT2D eigenvalue weighted by Crippen LogP contribution is 2.27. The number of hydrogen-bond acceptors (Lipinski definition) is 4. The average molecular weight is 466 g/mol. The summed E-state index contributed by atoms with van der Waals surface area (Å²) in [5.74, 6) is 0.736. The number of nitrogens with one attached hydrogen (secondary N) is 1. The van der Waals surface area contributed by atoms with Crippen molar-refractivity contribution in [3.63, 3.8) is 0 Å². The van der Waals surface area contributed by atoms with Crippen LogP contribution in [-0.2, 0) is 27.9 Å². The minimum absolute atomic E-state index is 0.388. The Morgan fingerprint density at radius 2 is 1.85 bits per heavy atom. The second-order valence-corrected chi connectivity index (χ2v) is 9.33. The van der Waals surface area contributed by atoms with Crippen LogP contribution in [0.15, 0.2) is 48.5 Å². The number of carboxylic acid groups (broad SMARTS) is 1. The van der Waals surface area contributed by atoms with E-state index >= 15 is 0 Å². The van der Waals surface area contributed by atoms with Gasteiger partial charge in [0.25, 0.3) is 0 Å². The maximum absolute atomic E-state index is 11.4. The number of carbonyl (C=O) groups is 1. The van der Waals surface area contributed by atoms with Gasteiger partial charge in [0, 0.05) is 19.1 Å². The molecule has 0 saturated carbocycles. The second-order valence-electron chi connectivity index (χ2n) is 9.33. The number of ether oxygens (including phenoxy) is 1. The molecule has 3 aromatic rings. The first-order chi connectivity index (χ1) is 16.4. The van der Waals surface area contributed by atoms with Crippen LogP contribution in [0.5, 0.6) is 0 Å². The summed E-state index contributed by atoms with van der Waals surface area (Å²) in [4.78, 5) is 16.4. The molecule has 0 amide bonds. The summed E-state index contributed by atoms with van der Waals surface area (Å²) in [5.41, 5.74) is 3.40. The third-order valence-corrected chi connectivity index (χ3v) is 6.68.